The first kappa shape index (κ1) is 20.0. The lowest BCUT2D eigenvalue weighted by atomic mass is 9.98. The number of carboxylic acids is 1. The number of benzene rings is 1. The van der Waals surface area contributed by atoms with Gasteiger partial charge in [-0.3, -0.25) is 14.4 Å². The number of para-hydroxylation sites is 1. The molecule has 1 heterocycles. The molecular weight excluding hydrogens is 360 g/mol. The highest BCUT2D eigenvalue weighted by atomic mass is 35.5. The van der Waals surface area contributed by atoms with E-state index in [2.05, 4.69) is 0 Å². The van der Waals surface area contributed by atoms with Crippen molar-refractivity contribution in [2.75, 3.05) is 26.7 Å². The van der Waals surface area contributed by atoms with Crippen molar-refractivity contribution < 1.29 is 24.2 Å². The summed E-state index contributed by atoms with van der Waals surface area (Å²) < 4.78 is 5.58. The second kappa shape index (κ2) is 8.89. The summed E-state index contributed by atoms with van der Waals surface area (Å²) in [5.74, 6) is -1.67. The van der Waals surface area contributed by atoms with Crippen molar-refractivity contribution in [3.05, 3.63) is 29.3 Å². The number of nitrogens with zero attached hydrogens (tertiary/aromatic N) is 2. The molecule has 1 N–H and O–H groups in total. The van der Waals surface area contributed by atoms with Crippen LogP contribution in [-0.4, -0.2) is 65.5 Å². The summed E-state index contributed by atoms with van der Waals surface area (Å²) in [5, 5.41) is 9.52. The molecule has 2 amide bonds. The van der Waals surface area contributed by atoms with E-state index in [9.17, 15) is 14.4 Å². The first-order valence-electron chi connectivity index (χ1n) is 8.46. The second-order valence-corrected chi connectivity index (χ2v) is 6.81. The highest BCUT2D eigenvalue weighted by molar-refractivity contribution is 6.32. The molecule has 0 spiro atoms. The lowest BCUT2D eigenvalue weighted by Crippen LogP contribution is -2.48. The topological polar surface area (TPSA) is 87.2 Å². The van der Waals surface area contributed by atoms with E-state index >= 15 is 0 Å². The predicted molar refractivity (Wildman–Crippen MR) is 96.1 cm³/mol. The summed E-state index contributed by atoms with van der Waals surface area (Å²) in [4.78, 5) is 38.7. The van der Waals surface area contributed by atoms with E-state index in [1.54, 1.807) is 31.2 Å². The molecule has 1 aromatic rings. The van der Waals surface area contributed by atoms with Gasteiger partial charge in [-0.2, -0.15) is 0 Å². The molecule has 26 heavy (non-hydrogen) atoms. The number of likely N-dealkylation sites (tertiary alicyclic amines) is 1. The Hall–Kier alpha value is -2.28. The van der Waals surface area contributed by atoms with Gasteiger partial charge in [0.2, 0.25) is 5.91 Å². The number of aliphatic carboxylic acids is 1. The van der Waals surface area contributed by atoms with Gasteiger partial charge in [-0.25, -0.2) is 0 Å². The number of carboxylic acid groups (broad SMARTS) is 1. The van der Waals surface area contributed by atoms with Crippen LogP contribution in [0.1, 0.15) is 19.8 Å². The van der Waals surface area contributed by atoms with E-state index in [4.69, 9.17) is 21.4 Å². The van der Waals surface area contributed by atoms with Crippen molar-refractivity contribution >= 4 is 29.4 Å². The van der Waals surface area contributed by atoms with E-state index in [-0.39, 0.29) is 24.9 Å². The summed E-state index contributed by atoms with van der Waals surface area (Å²) >= 11 is 6.02. The average molecular weight is 383 g/mol. The average Bonchev–Trinajstić information content (AvgIpc) is 2.62. The van der Waals surface area contributed by atoms with Crippen LogP contribution in [0.15, 0.2) is 24.3 Å². The van der Waals surface area contributed by atoms with E-state index in [0.717, 1.165) is 0 Å². The Bertz CT molecular complexity index is 681. The third-order valence-corrected chi connectivity index (χ3v) is 4.67. The Morgan fingerprint density at radius 2 is 2.08 bits per heavy atom. The molecule has 2 unspecified atom stereocenters. The van der Waals surface area contributed by atoms with Crippen LogP contribution in [0.4, 0.5) is 0 Å². The maximum absolute atomic E-state index is 12.4. The molecule has 0 bridgehead atoms. The lowest BCUT2D eigenvalue weighted by molar-refractivity contribution is -0.148. The van der Waals surface area contributed by atoms with Crippen molar-refractivity contribution in [2.24, 2.45) is 5.92 Å². The number of ether oxygens (including phenoxy) is 1. The number of halogens is 1. The van der Waals surface area contributed by atoms with Crippen LogP contribution < -0.4 is 4.74 Å². The zero-order chi connectivity index (χ0) is 19.3. The first-order valence-corrected chi connectivity index (χ1v) is 8.84. The summed E-state index contributed by atoms with van der Waals surface area (Å²) in [7, 11) is 1.52. The van der Waals surface area contributed by atoms with E-state index in [1.165, 1.54) is 16.8 Å². The summed E-state index contributed by atoms with van der Waals surface area (Å²) in [6.45, 7) is 2.16. The van der Waals surface area contributed by atoms with Crippen molar-refractivity contribution in [3.63, 3.8) is 0 Å². The summed E-state index contributed by atoms with van der Waals surface area (Å²) in [6, 6.07) is 6.84. The Balaban J connectivity index is 1.90. The molecule has 0 aromatic heterocycles. The molecule has 0 saturated carbocycles. The van der Waals surface area contributed by atoms with Gasteiger partial charge in [0.25, 0.3) is 5.91 Å². The van der Waals surface area contributed by atoms with Gasteiger partial charge in [0.1, 0.15) is 5.75 Å². The molecule has 1 aromatic carbocycles. The molecule has 2 rings (SSSR count). The molecule has 1 aliphatic rings. The van der Waals surface area contributed by atoms with Crippen LogP contribution in [0.5, 0.6) is 5.75 Å². The van der Waals surface area contributed by atoms with Crippen LogP contribution in [-0.2, 0) is 14.4 Å². The minimum Gasteiger partial charge on any atom is -0.481 e. The number of hydrogen-bond acceptors (Lipinski definition) is 4. The van der Waals surface area contributed by atoms with E-state index in [0.29, 0.717) is 30.2 Å². The Kier molecular flexibility index (Phi) is 6.85. The Labute approximate surface area is 157 Å². The molecule has 1 fully saturated rings. The van der Waals surface area contributed by atoms with Gasteiger partial charge in [-0.15, -0.1) is 0 Å². The van der Waals surface area contributed by atoms with E-state index < -0.39 is 18.0 Å². The fourth-order valence-corrected chi connectivity index (χ4v) is 3.06. The smallest absolute Gasteiger partial charge is 0.308 e. The number of piperidine rings is 1. The molecular formula is C18H23ClN2O5. The van der Waals surface area contributed by atoms with Crippen LogP contribution in [0.25, 0.3) is 0 Å². The van der Waals surface area contributed by atoms with Gasteiger partial charge in [0, 0.05) is 20.1 Å². The van der Waals surface area contributed by atoms with Gasteiger partial charge in [-0.05, 0) is 31.9 Å². The second-order valence-electron chi connectivity index (χ2n) is 6.40. The van der Waals surface area contributed by atoms with Crippen molar-refractivity contribution in [1.82, 2.24) is 9.80 Å². The van der Waals surface area contributed by atoms with Crippen molar-refractivity contribution in [1.29, 1.82) is 0 Å². The fraction of sp³-hybridized carbons (Fsp3) is 0.500. The molecule has 7 nitrogen and oxygen atoms in total. The Morgan fingerprint density at radius 1 is 1.38 bits per heavy atom. The van der Waals surface area contributed by atoms with Crippen LogP contribution in [0.3, 0.4) is 0 Å². The molecule has 2 atom stereocenters. The van der Waals surface area contributed by atoms with Gasteiger partial charge in [0.15, 0.2) is 6.10 Å². The zero-order valence-corrected chi connectivity index (χ0v) is 15.6. The van der Waals surface area contributed by atoms with Gasteiger partial charge in [0.05, 0.1) is 17.5 Å². The summed E-state index contributed by atoms with van der Waals surface area (Å²) in [5.41, 5.74) is 0. The number of carbonyl (C=O) groups excluding carboxylic acids is 2. The van der Waals surface area contributed by atoms with E-state index in [1.807, 2.05) is 0 Å². The lowest BCUT2D eigenvalue weighted by Gasteiger charge is -2.32. The highest BCUT2D eigenvalue weighted by Crippen LogP contribution is 2.24. The monoisotopic (exact) mass is 382 g/mol. The molecule has 0 radical (unpaired) electrons. The van der Waals surface area contributed by atoms with Crippen LogP contribution in [0, 0.1) is 5.92 Å². The largest absolute Gasteiger partial charge is 0.481 e. The maximum Gasteiger partial charge on any atom is 0.308 e. The standard InChI is InChI=1S/C18H23ClN2O5/c1-12(26-15-8-4-3-7-14(15)19)17(23)20(2)11-16(22)21-9-5-6-13(10-21)18(24)25/h3-4,7-8,12-13H,5-6,9-11H2,1-2H3,(H,24,25). The molecule has 8 heteroatoms. The molecule has 1 saturated heterocycles. The Morgan fingerprint density at radius 3 is 2.73 bits per heavy atom. The zero-order valence-electron chi connectivity index (χ0n) is 14.9. The third-order valence-electron chi connectivity index (χ3n) is 4.36. The minimum atomic E-state index is -0.895. The number of likely N-dealkylation sites (N-methyl/N-ethyl adjacent to an activating group) is 1. The van der Waals surface area contributed by atoms with Crippen molar-refractivity contribution in [2.45, 2.75) is 25.9 Å². The number of amides is 2. The maximum atomic E-state index is 12.4. The molecule has 1 aliphatic heterocycles. The van der Waals surface area contributed by atoms with Gasteiger partial charge in [-0.1, -0.05) is 23.7 Å². The minimum absolute atomic E-state index is 0.124. The van der Waals surface area contributed by atoms with Crippen molar-refractivity contribution in [3.8, 4) is 5.75 Å². The SMILES string of the molecule is CC(Oc1ccccc1Cl)C(=O)N(C)CC(=O)N1CCCC(C(=O)O)C1. The summed E-state index contributed by atoms with van der Waals surface area (Å²) in [6.07, 6.45) is 0.406. The first-order chi connectivity index (χ1) is 12.3. The van der Waals surface area contributed by atoms with Gasteiger partial charge < -0.3 is 19.6 Å². The predicted octanol–water partition coefficient (Wildman–Crippen LogP) is 1.89. The van der Waals surface area contributed by atoms with Crippen LogP contribution in [0.2, 0.25) is 5.02 Å². The van der Waals surface area contributed by atoms with Gasteiger partial charge >= 0.3 is 5.97 Å². The fourth-order valence-electron chi connectivity index (χ4n) is 2.88. The number of carbonyl (C=O) groups is 3. The number of hydrogen-bond donors (Lipinski definition) is 1. The van der Waals surface area contributed by atoms with Crippen LogP contribution >= 0.6 is 11.6 Å². The quantitative estimate of drug-likeness (QED) is 0.811. The molecule has 142 valence electrons. The highest BCUT2D eigenvalue weighted by Gasteiger charge is 2.30. The number of rotatable bonds is 6. The normalized spacial score (nSPS) is 18.1. The molecule has 0 aliphatic carbocycles. The third kappa shape index (κ3) is 5.11.